The lowest BCUT2D eigenvalue weighted by atomic mass is 9.78. The van der Waals surface area contributed by atoms with Gasteiger partial charge in [0.1, 0.15) is 172 Å². The van der Waals surface area contributed by atoms with E-state index in [9.17, 15) is 101 Å². The van der Waals surface area contributed by atoms with Crippen molar-refractivity contribution in [2.45, 2.75) is 292 Å². The Labute approximate surface area is 732 Å². The maximum atomic E-state index is 12.3. The molecule has 0 aromatic heterocycles. The standard InChI is InChI=1S/C24H28O12.C19H22O6.C19H22O5.2C10H14O4.C10H16O4/c1-23-18-22(32-9-8-24(18,31)19(30)20(23)36-23)35-21-17(29)16(28)15(27)13(34-21)10-33-14(26)7-4-11-2-5-12(25)6-3-11;1-11-18-17(15(22)10-24-11)14(21)9-19(18,2)25-16(23)8-5-12-3-6-13(20)7-4-12;1-13-17-18(2,12-15(20)19(17,22)10-11-23-13)24-16(21)9-8-14-6-4-3-5-7-14;1-4-6-9(2)7(14-9)8-10(6,11)3-5(12-4)13-8;1-5-6-9(2)8(14-9)7(11)10(6,12)3-4-13-5;1-6-8-9(2,12)5-7(11)10(8,13)3-4-14-6/h2-9,13,15-22,25,27-31H,10H2,1H3;3-8,10-11,14,17-18,20-22H,9H2,1-2H3;3-11,13,15,17,20,22H,12H2,1-2H3;4-8,11H,3H2,1-2H3;3-8,11-12H,1-2H3;3-4,6-8,11-13H,5H2,1-2H3/b7-4-;8-5+;9-8+;;;/t13?,15?,16?,17?,18-,19+,20+,21?,22+,23-,24+;11-,14+,17?,18-,19-;13-,15+,17+,18-,19+;4-,5-,6+,7-,8-,9+,10-;5-,6+,7-,8-,9+,10-;6-,7+,8+,9-,10+/m100000/s1. The molecule has 12 fully saturated rings. The summed E-state index contributed by atoms with van der Waals surface area (Å²) in [6.07, 6.45) is 6.08. The third kappa shape index (κ3) is 16.8. The number of epoxide rings is 3. The molecule has 127 heavy (non-hydrogen) atoms. The minimum atomic E-state index is -1.70. The number of hydrogen-bond donors (Lipinski definition) is 17. The molecule has 694 valence electrons. The van der Waals surface area contributed by atoms with Crippen molar-refractivity contribution in [3.63, 3.8) is 0 Å². The largest absolute Gasteiger partial charge is 0.509 e. The molecular weight excluding hydrogens is 1660 g/mol. The maximum absolute atomic E-state index is 12.3. The van der Waals surface area contributed by atoms with Crippen molar-refractivity contribution in [3.05, 3.63) is 175 Å². The van der Waals surface area contributed by atoms with Crippen LogP contribution >= 0.6 is 0 Å². The molecule has 6 saturated heterocycles. The molecule has 0 radical (unpaired) electrons. The third-order valence-electron chi connectivity index (χ3n) is 28.9. The number of aliphatic hydroxyl groups excluding tert-OH is 9. The van der Waals surface area contributed by atoms with E-state index in [0.717, 1.165) is 17.2 Å². The highest BCUT2D eigenvalue weighted by Gasteiger charge is 2.83. The van der Waals surface area contributed by atoms with Gasteiger partial charge >= 0.3 is 17.9 Å². The number of phenolic OH excluding ortho intramolecular Hbond substituents is 2. The number of fused-ring (bicyclic) bond motifs is 13. The van der Waals surface area contributed by atoms with Crippen LogP contribution in [0.25, 0.3) is 18.2 Å². The Morgan fingerprint density at radius 1 is 0.433 bits per heavy atom. The third-order valence-corrected chi connectivity index (χ3v) is 28.9. The average molecular weight is 1780 g/mol. The summed E-state index contributed by atoms with van der Waals surface area (Å²) in [5.74, 6) is -4.43. The van der Waals surface area contributed by atoms with E-state index in [1.54, 1.807) is 84.0 Å². The molecule has 20 rings (SSSR count). The first-order valence-corrected chi connectivity index (χ1v) is 42.7. The van der Waals surface area contributed by atoms with E-state index < -0.39 is 178 Å². The van der Waals surface area contributed by atoms with Crippen molar-refractivity contribution in [2.24, 2.45) is 41.4 Å². The van der Waals surface area contributed by atoms with Crippen molar-refractivity contribution < 1.29 is 172 Å². The number of aliphatic hydroxyl groups is 15. The van der Waals surface area contributed by atoms with Gasteiger partial charge in [-0.3, -0.25) is 0 Å². The van der Waals surface area contributed by atoms with E-state index >= 15 is 0 Å². The Bertz CT molecular complexity index is 4740. The van der Waals surface area contributed by atoms with Gasteiger partial charge in [0.2, 0.25) is 6.29 Å². The predicted molar refractivity (Wildman–Crippen MR) is 439 cm³/mol. The van der Waals surface area contributed by atoms with Gasteiger partial charge in [0.05, 0.1) is 84.7 Å². The first-order valence-electron chi connectivity index (χ1n) is 42.7. The summed E-state index contributed by atoms with van der Waals surface area (Å²) >= 11 is 0. The first-order chi connectivity index (χ1) is 59.6. The monoisotopic (exact) mass is 1780 g/mol. The number of hydrogen-bond acceptors (Lipinski definition) is 35. The van der Waals surface area contributed by atoms with Crippen LogP contribution in [0.5, 0.6) is 11.5 Å². The van der Waals surface area contributed by atoms with Crippen LogP contribution < -0.4 is 0 Å². The van der Waals surface area contributed by atoms with Crippen LogP contribution in [0, 0.1) is 41.4 Å². The molecule has 17 N–H and O–H groups in total. The number of ether oxygens (including phenoxy) is 15. The van der Waals surface area contributed by atoms with Crippen molar-refractivity contribution >= 4 is 36.1 Å². The van der Waals surface area contributed by atoms with Crippen LogP contribution in [0.3, 0.4) is 0 Å². The van der Waals surface area contributed by atoms with Gasteiger partial charge in [-0.25, -0.2) is 14.4 Å². The molecule has 6 unspecified atom stereocenters. The SMILES string of the molecule is C[C@@H]1OC=C(O)C2[C@H](O)C[C@](C)(OC(=O)/C=C/c3ccc(O)cc3)[C@H]21.C[C@@H]1OC=C[C@@]2(O)[C@@H](O)[C@@H]3O[C@]3(C)[C@@H]12.C[C@@H]1OC=C[C@@]2(O)[C@H](O)C[C@](C)(O)[C@@H]12.C[C@@H]1OC=C[C@@]2(O)[C@H](O)C[C@](C)(OC(=O)/C=C/c3ccccc3)[C@@H]12.C[C@@H]1O[C@@H]2C[C@@]3(O)[C@@H](O2)[C@@H]2O[C@]2(C)[C@@H]13.C[C@]12O[C@H]1[C@H](O)[C@]1(O)C=CO[C@@H](OC3OC(COC(=O)/C=C\c4ccc(O)cc4)C(O)C(O)C3O)[C@@H]12. The summed E-state index contributed by atoms with van der Waals surface area (Å²) in [6, 6.07) is 21.9. The van der Waals surface area contributed by atoms with Crippen LogP contribution in [-0.2, 0) is 85.4 Å². The number of aromatic hydroxyl groups is 2. The summed E-state index contributed by atoms with van der Waals surface area (Å²) in [5.41, 5.74) is -8.69. The van der Waals surface area contributed by atoms with Crippen LogP contribution in [0.2, 0.25) is 0 Å². The summed E-state index contributed by atoms with van der Waals surface area (Å²) in [6.45, 7) is 19.6. The summed E-state index contributed by atoms with van der Waals surface area (Å²) in [4.78, 5) is 36.6. The van der Waals surface area contributed by atoms with Gasteiger partial charge < -0.3 is 158 Å². The lowest BCUT2D eigenvalue weighted by molar-refractivity contribution is -0.350. The zero-order valence-corrected chi connectivity index (χ0v) is 71.8. The highest BCUT2D eigenvalue weighted by molar-refractivity contribution is 5.88. The first kappa shape index (κ1) is 93.2. The second-order valence-electron chi connectivity index (χ2n) is 37.6. The molecule has 11 aliphatic heterocycles. The van der Waals surface area contributed by atoms with Crippen molar-refractivity contribution in [3.8, 4) is 11.5 Å². The molecular formula is C92H116O35. The van der Waals surface area contributed by atoms with E-state index in [-0.39, 0.29) is 115 Å². The fraction of sp³-hybridized carbons (Fsp3) is 0.598. The number of phenols is 2. The zero-order chi connectivity index (χ0) is 91.8. The van der Waals surface area contributed by atoms with E-state index in [1.165, 1.54) is 92.0 Å². The number of carbonyl (C=O) groups excluding carboxylic acids is 3. The van der Waals surface area contributed by atoms with Gasteiger partial charge in [-0.15, -0.1) is 0 Å². The molecule has 0 amide bonds. The minimum Gasteiger partial charge on any atom is -0.509 e. The van der Waals surface area contributed by atoms with Gasteiger partial charge in [0.25, 0.3) is 0 Å². The smallest absolute Gasteiger partial charge is 0.331 e. The Balaban J connectivity index is 0.000000122. The number of benzene rings is 3. The fourth-order valence-electron chi connectivity index (χ4n) is 22.9. The molecule has 35 heteroatoms. The van der Waals surface area contributed by atoms with Crippen molar-refractivity contribution in [1.82, 2.24) is 0 Å². The number of esters is 3. The molecule has 6 saturated carbocycles. The second kappa shape index (κ2) is 34.1. The highest BCUT2D eigenvalue weighted by atomic mass is 16.8. The Hall–Kier alpha value is -8.45. The van der Waals surface area contributed by atoms with Crippen molar-refractivity contribution in [1.29, 1.82) is 0 Å². The molecule has 3 aromatic rings. The second-order valence-corrected chi connectivity index (χ2v) is 37.6. The summed E-state index contributed by atoms with van der Waals surface area (Å²) < 4.78 is 82.7. The summed E-state index contributed by atoms with van der Waals surface area (Å²) in [5, 5.41) is 173. The molecule has 2 bridgehead atoms. The van der Waals surface area contributed by atoms with E-state index in [2.05, 4.69) is 6.92 Å². The molecule has 6 aliphatic carbocycles. The van der Waals surface area contributed by atoms with Gasteiger partial charge in [0, 0.05) is 55.7 Å². The van der Waals surface area contributed by atoms with Crippen LogP contribution in [0.1, 0.15) is 119 Å². The highest BCUT2D eigenvalue weighted by Crippen LogP contribution is 2.67. The van der Waals surface area contributed by atoms with Gasteiger partial charge in [-0.05, 0) is 160 Å². The van der Waals surface area contributed by atoms with Gasteiger partial charge in [0.15, 0.2) is 12.6 Å². The summed E-state index contributed by atoms with van der Waals surface area (Å²) in [7, 11) is 0. The molecule has 17 aliphatic rings. The normalized spacial score (nSPS) is 48.1. The lowest BCUT2D eigenvalue weighted by Gasteiger charge is -2.45. The van der Waals surface area contributed by atoms with Gasteiger partial charge in [-0.2, -0.15) is 0 Å². The van der Waals surface area contributed by atoms with Crippen LogP contribution in [0.15, 0.2) is 158 Å². The van der Waals surface area contributed by atoms with E-state index in [4.69, 9.17) is 71.1 Å². The number of rotatable bonds is 12. The minimum absolute atomic E-state index is 0.0185. The predicted octanol–water partition coefficient (Wildman–Crippen LogP) is 2.71. The van der Waals surface area contributed by atoms with E-state index in [1.807, 2.05) is 58.0 Å². The molecule has 39 atom stereocenters. The molecule has 3 aromatic carbocycles. The molecule has 11 heterocycles. The average Bonchev–Trinajstić information content (AvgIpc) is 1.50. The Kier molecular flexibility index (Phi) is 25.0. The Morgan fingerprint density at radius 3 is 1.46 bits per heavy atom. The topological polar surface area (TPSA) is 543 Å². The molecule has 0 spiro atoms. The number of carbonyl (C=O) groups is 3. The Morgan fingerprint density at radius 2 is 0.906 bits per heavy atom. The molecule has 35 nitrogen and oxygen atoms in total. The lowest BCUT2D eigenvalue weighted by Crippen LogP contribution is -2.62. The van der Waals surface area contributed by atoms with Crippen LogP contribution in [0.4, 0.5) is 0 Å². The maximum Gasteiger partial charge on any atom is 0.331 e. The van der Waals surface area contributed by atoms with Gasteiger partial charge in [-0.1, -0.05) is 54.6 Å². The van der Waals surface area contributed by atoms with E-state index in [0.29, 0.717) is 12.0 Å². The van der Waals surface area contributed by atoms with Crippen molar-refractivity contribution in [2.75, 3.05) is 6.61 Å². The quantitative estimate of drug-likeness (QED) is 0.0536. The zero-order valence-electron chi connectivity index (χ0n) is 71.8. The van der Waals surface area contributed by atoms with Crippen LogP contribution in [-0.4, -0.2) is 302 Å². The fourth-order valence-corrected chi connectivity index (χ4v) is 22.9.